The lowest BCUT2D eigenvalue weighted by Crippen LogP contribution is -2.47. The summed E-state index contributed by atoms with van der Waals surface area (Å²) in [5.41, 5.74) is 0.709. The van der Waals surface area contributed by atoms with E-state index in [2.05, 4.69) is 20.9 Å². The maximum absolute atomic E-state index is 12.5. The van der Waals surface area contributed by atoms with Gasteiger partial charge in [-0.25, -0.2) is 4.98 Å². The predicted octanol–water partition coefficient (Wildman–Crippen LogP) is 2.48. The number of halogens is 1. The molecule has 1 aromatic carbocycles. The van der Waals surface area contributed by atoms with Crippen molar-refractivity contribution in [1.82, 2.24) is 14.8 Å². The summed E-state index contributed by atoms with van der Waals surface area (Å²) in [6, 6.07) is 9.49. The normalized spacial score (nSPS) is 15.7. The molecule has 1 aromatic heterocycles. The Morgan fingerprint density at radius 3 is 2.42 bits per heavy atom. The molecule has 33 heavy (non-hydrogen) atoms. The Bertz CT molecular complexity index is 1110. The Labute approximate surface area is 197 Å². The van der Waals surface area contributed by atoms with Crippen LogP contribution in [0.1, 0.15) is 39.1 Å². The van der Waals surface area contributed by atoms with Crippen molar-refractivity contribution >= 4 is 35.7 Å². The summed E-state index contributed by atoms with van der Waals surface area (Å²) in [6.07, 6.45) is 3.17. The predicted molar refractivity (Wildman–Crippen MR) is 123 cm³/mol. The second-order valence-corrected chi connectivity index (χ2v) is 7.77. The number of pyridine rings is 1. The van der Waals surface area contributed by atoms with E-state index in [9.17, 15) is 25.0 Å². The summed E-state index contributed by atoms with van der Waals surface area (Å²) in [5.74, 6) is -0.136. The zero-order valence-electron chi connectivity index (χ0n) is 17.8. The molecule has 0 radical (unpaired) electrons. The van der Waals surface area contributed by atoms with E-state index in [1.54, 1.807) is 18.3 Å². The van der Waals surface area contributed by atoms with Crippen molar-refractivity contribution in [3.8, 4) is 6.07 Å². The highest BCUT2D eigenvalue weighted by atomic mass is 35.5. The van der Waals surface area contributed by atoms with Gasteiger partial charge in [-0.15, -0.1) is 12.4 Å². The number of aromatic nitrogens is 1. The monoisotopic (exact) mass is 470 g/mol. The molecule has 2 aliphatic rings. The lowest BCUT2D eigenvalue weighted by Gasteiger charge is -2.35. The molecule has 2 aliphatic heterocycles. The summed E-state index contributed by atoms with van der Waals surface area (Å²) in [6.45, 7) is 4.39. The number of unbranched alkanes of at least 4 members (excludes halogenated alkanes) is 1. The number of nitrogens with zero attached hydrogens (tertiary/aromatic N) is 6. The van der Waals surface area contributed by atoms with Crippen molar-refractivity contribution in [3.63, 3.8) is 0 Å². The second kappa shape index (κ2) is 10.4. The number of nitriles is 1. The van der Waals surface area contributed by atoms with Gasteiger partial charge in [0.2, 0.25) is 0 Å². The molecule has 10 nitrogen and oxygen atoms in total. The van der Waals surface area contributed by atoms with Gasteiger partial charge in [-0.2, -0.15) is 5.26 Å². The minimum absolute atomic E-state index is 0. The lowest BCUT2D eigenvalue weighted by atomic mass is 10.1. The van der Waals surface area contributed by atoms with E-state index in [4.69, 9.17) is 0 Å². The minimum atomic E-state index is -0.574. The maximum atomic E-state index is 12.5. The van der Waals surface area contributed by atoms with Crippen LogP contribution in [0, 0.1) is 21.4 Å². The summed E-state index contributed by atoms with van der Waals surface area (Å²) in [5, 5.41) is 20.2. The number of hydrogen-bond acceptors (Lipinski definition) is 8. The number of hydrogen-bond donors (Lipinski definition) is 0. The smallest absolute Gasteiger partial charge is 0.270 e. The molecule has 4 rings (SSSR count). The summed E-state index contributed by atoms with van der Waals surface area (Å²) in [4.78, 5) is 45.4. The molecule has 0 unspecified atom stereocenters. The van der Waals surface area contributed by atoms with Crippen LogP contribution in [0.25, 0.3) is 0 Å². The number of nitro benzene ring substituents is 1. The van der Waals surface area contributed by atoms with E-state index in [1.807, 2.05) is 0 Å². The van der Waals surface area contributed by atoms with Gasteiger partial charge >= 0.3 is 0 Å². The van der Waals surface area contributed by atoms with E-state index in [-0.39, 0.29) is 29.2 Å². The molecule has 0 spiro atoms. The van der Waals surface area contributed by atoms with Crippen LogP contribution in [-0.4, -0.2) is 70.8 Å². The molecule has 0 bridgehead atoms. The number of carbonyl (C=O) groups is 2. The maximum Gasteiger partial charge on any atom is 0.270 e. The van der Waals surface area contributed by atoms with Gasteiger partial charge in [-0.1, -0.05) is 0 Å². The summed E-state index contributed by atoms with van der Waals surface area (Å²) in [7, 11) is 0. The van der Waals surface area contributed by atoms with Crippen molar-refractivity contribution in [2.24, 2.45) is 0 Å². The van der Waals surface area contributed by atoms with Gasteiger partial charge in [0, 0.05) is 51.1 Å². The topological polar surface area (TPSA) is 124 Å². The molecule has 2 amide bonds. The Morgan fingerprint density at radius 1 is 1.03 bits per heavy atom. The number of amides is 2. The highest BCUT2D eigenvalue weighted by Gasteiger charge is 2.36. The van der Waals surface area contributed by atoms with Crippen LogP contribution in [0.4, 0.5) is 11.5 Å². The van der Waals surface area contributed by atoms with Gasteiger partial charge in [0.05, 0.1) is 21.6 Å². The Hall–Kier alpha value is -3.55. The Morgan fingerprint density at radius 2 is 1.73 bits per heavy atom. The molecule has 0 atom stereocenters. The Balaban J connectivity index is 0.00000306. The Kier molecular flexibility index (Phi) is 7.58. The number of benzene rings is 1. The first-order valence-corrected chi connectivity index (χ1v) is 10.5. The molecule has 2 aromatic rings. The molecule has 0 saturated carbocycles. The number of rotatable bonds is 7. The zero-order chi connectivity index (χ0) is 22.7. The number of nitro groups is 1. The summed E-state index contributed by atoms with van der Waals surface area (Å²) < 4.78 is 0. The van der Waals surface area contributed by atoms with Crippen LogP contribution in [0.2, 0.25) is 0 Å². The summed E-state index contributed by atoms with van der Waals surface area (Å²) >= 11 is 0. The lowest BCUT2D eigenvalue weighted by molar-refractivity contribution is -0.384. The first-order chi connectivity index (χ1) is 15.5. The van der Waals surface area contributed by atoms with E-state index in [1.165, 1.54) is 23.1 Å². The third kappa shape index (κ3) is 4.94. The van der Waals surface area contributed by atoms with E-state index in [0.717, 1.165) is 45.0 Å². The van der Waals surface area contributed by atoms with Crippen molar-refractivity contribution in [2.45, 2.75) is 12.8 Å². The highest BCUT2D eigenvalue weighted by Crippen LogP contribution is 2.27. The molecular formula is C22H23ClN6O4. The third-order valence-corrected chi connectivity index (χ3v) is 5.85. The molecule has 0 N–H and O–H groups in total. The van der Waals surface area contributed by atoms with Gasteiger partial charge in [-0.05, 0) is 37.6 Å². The molecule has 1 saturated heterocycles. The number of imide groups is 1. The highest BCUT2D eigenvalue weighted by molar-refractivity contribution is 6.21. The van der Waals surface area contributed by atoms with Crippen LogP contribution in [0.5, 0.6) is 0 Å². The molecule has 1 fully saturated rings. The van der Waals surface area contributed by atoms with Crippen molar-refractivity contribution in [2.75, 3.05) is 44.2 Å². The molecule has 0 aliphatic carbocycles. The fourth-order valence-electron chi connectivity index (χ4n) is 4.12. The first kappa shape index (κ1) is 24.1. The fourth-order valence-corrected chi connectivity index (χ4v) is 4.12. The number of fused-ring (bicyclic) bond motifs is 1. The average molecular weight is 471 g/mol. The number of anilines is 1. The fraction of sp³-hybridized carbons (Fsp3) is 0.364. The number of carbonyl (C=O) groups excluding carboxylic acids is 2. The van der Waals surface area contributed by atoms with Crippen LogP contribution in [0.15, 0.2) is 36.5 Å². The minimum Gasteiger partial charge on any atom is -0.353 e. The van der Waals surface area contributed by atoms with Gasteiger partial charge in [0.1, 0.15) is 11.9 Å². The standard InChI is InChI=1S/C22H22N6O4.ClH/c23-15-16-4-3-7-24-20(16)26-12-10-25(11-13-26)8-1-2-9-27-21(29)18-6-5-17(28(31)32)14-19(18)22(27)30;/h3-7,14H,1-2,8-13H2;1H. The second-order valence-electron chi connectivity index (χ2n) is 7.77. The quantitative estimate of drug-likeness (QED) is 0.261. The van der Waals surface area contributed by atoms with Crippen LogP contribution < -0.4 is 4.90 Å². The van der Waals surface area contributed by atoms with Gasteiger partial charge < -0.3 is 4.90 Å². The number of non-ortho nitro benzene ring substituents is 1. The third-order valence-electron chi connectivity index (χ3n) is 5.85. The molecular weight excluding hydrogens is 448 g/mol. The van der Waals surface area contributed by atoms with E-state index < -0.39 is 16.7 Å². The van der Waals surface area contributed by atoms with Crippen molar-refractivity contribution in [3.05, 3.63) is 63.3 Å². The zero-order valence-corrected chi connectivity index (χ0v) is 18.7. The molecule has 3 heterocycles. The number of piperazine rings is 1. The van der Waals surface area contributed by atoms with Gasteiger partial charge in [0.15, 0.2) is 0 Å². The van der Waals surface area contributed by atoms with Gasteiger partial charge in [0.25, 0.3) is 17.5 Å². The van der Waals surface area contributed by atoms with E-state index in [0.29, 0.717) is 18.5 Å². The van der Waals surface area contributed by atoms with Crippen molar-refractivity contribution in [1.29, 1.82) is 5.26 Å². The first-order valence-electron chi connectivity index (χ1n) is 10.5. The van der Waals surface area contributed by atoms with E-state index >= 15 is 0 Å². The molecule has 11 heteroatoms. The van der Waals surface area contributed by atoms with Crippen LogP contribution >= 0.6 is 12.4 Å². The van der Waals surface area contributed by atoms with Crippen LogP contribution in [0.3, 0.4) is 0 Å². The van der Waals surface area contributed by atoms with Gasteiger partial charge in [-0.3, -0.25) is 29.5 Å². The van der Waals surface area contributed by atoms with Crippen molar-refractivity contribution < 1.29 is 14.5 Å². The SMILES string of the molecule is Cl.N#Cc1cccnc1N1CCN(CCCCN2C(=O)c3ccc([N+](=O)[O-])cc3C2=O)CC1. The van der Waals surface area contributed by atoms with Crippen LogP contribution in [-0.2, 0) is 0 Å². The largest absolute Gasteiger partial charge is 0.353 e. The average Bonchev–Trinajstić information content (AvgIpc) is 3.06. The molecule has 172 valence electrons.